The molecule has 3 aromatic rings. The van der Waals surface area contributed by atoms with E-state index in [0.29, 0.717) is 11.3 Å². The molecule has 100 valence electrons. The first-order valence-electron chi connectivity index (χ1n) is 5.97. The van der Waals surface area contributed by atoms with Crippen LogP contribution in [0.25, 0.3) is 10.9 Å². The van der Waals surface area contributed by atoms with Gasteiger partial charge in [-0.3, -0.25) is 4.79 Å². The molecule has 0 bridgehead atoms. The van der Waals surface area contributed by atoms with Crippen LogP contribution in [0.2, 0.25) is 5.02 Å². The third-order valence-electron chi connectivity index (χ3n) is 3.02. The van der Waals surface area contributed by atoms with Gasteiger partial charge in [-0.15, -0.1) is 0 Å². The van der Waals surface area contributed by atoms with E-state index in [-0.39, 0.29) is 10.9 Å². The Kier molecular flexibility index (Phi) is 3.16. The smallest absolute Gasteiger partial charge is 0.256 e. The zero-order valence-corrected chi connectivity index (χ0v) is 11.0. The summed E-state index contributed by atoms with van der Waals surface area (Å²) >= 11 is 5.61. The summed E-state index contributed by atoms with van der Waals surface area (Å²) in [5, 5.41) is 3.50. The Bertz CT molecular complexity index is 797. The first kappa shape index (κ1) is 12.7. The highest BCUT2D eigenvalue weighted by Crippen LogP contribution is 2.21. The number of carbonyl (C=O) groups excluding carboxylic acids is 1. The minimum absolute atomic E-state index is 0.0238. The number of anilines is 1. The van der Waals surface area contributed by atoms with Crippen LogP contribution < -0.4 is 5.32 Å². The van der Waals surface area contributed by atoms with E-state index in [1.165, 1.54) is 12.1 Å². The summed E-state index contributed by atoms with van der Waals surface area (Å²) in [4.78, 5) is 15.3. The monoisotopic (exact) mass is 288 g/mol. The number of benzene rings is 2. The van der Waals surface area contributed by atoms with E-state index in [1.807, 2.05) is 12.1 Å². The fraction of sp³-hybridized carbons (Fsp3) is 0. The first-order valence-corrected chi connectivity index (χ1v) is 6.35. The third-order valence-corrected chi connectivity index (χ3v) is 3.32. The number of aromatic amines is 1. The minimum Gasteiger partial charge on any atom is -0.361 e. The molecule has 2 aromatic carbocycles. The molecular weight excluding hydrogens is 279 g/mol. The Labute approximate surface area is 119 Å². The van der Waals surface area contributed by atoms with Gasteiger partial charge < -0.3 is 10.3 Å². The van der Waals surface area contributed by atoms with Crippen LogP contribution in [-0.2, 0) is 0 Å². The van der Waals surface area contributed by atoms with Gasteiger partial charge >= 0.3 is 0 Å². The lowest BCUT2D eigenvalue weighted by Crippen LogP contribution is -2.12. The average Bonchev–Trinajstić information content (AvgIpc) is 2.91. The number of nitrogens with one attached hydrogen (secondary N) is 2. The van der Waals surface area contributed by atoms with Crippen molar-refractivity contribution in [1.82, 2.24) is 4.98 Å². The van der Waals surface area contributed by atoms with Crippen molar-refractivity contribution in [2.45, 2.75) is 0 Å². The molecule has 1 amide bonds. The Balaban J connectivity index is 1.93. The molecule has 0 fully saturated rings. The number of hydrogen-bond donors (Lipinski definition) is 2. The number of carbonyl (C=O) groups is 1. The molecule has 0 spiro atoms. The normalized spacial score (nSPS) is 10.7. The highest BCUT2D eigenvalue weighted by molar-refractivity contribution is 6.30. The predicted molar refractivity (Wildman–Crippen MR) is 77.7 cm³/mol. The van der Waals surface area contributed by atoms with Crippen molar-refractivity contribution in [2.75, 3.05) is 5.32 Å². The predicted octanol–water partition coefficient (Wildman–Crippen LogP) is 4.21. The van der Waals surface area contributed by atoms with Gasteiger partial charge in [0.15, 0.2) is 0 Å². The van der Waals surface area contributed by atoms with E-state index in [9.17, 15) is 9.18 Å². The zero-order valence-electron chi connectivity index (χ0n) is 10.3. The SMILES string of the molecule is O=C(Nc1ccc(Cl)c(F)c1)c1cccc2[nH]ccc12. The number of hydrogen-bond acceptors (Lipinski definition) is 1. The lowest BCUT2D eigenvalue weighted by Gasteiger charge is -2.07. The van der Waals surface area contributed by atoms with E-state index in [0.717, 1.165) is 10.9 Å². The Morgan fingerprint density at radius 1 is 1.20 bits per heavy atom. The molecule has 0 atom stereocenters. The lowest BCUT2D eigenvalue weighted by molar-refractivity contribution is 0.102. The Morgan fingerprint density at radius 3 is 2.85 bits per heavy atom. The van der Waals surface area contributed by atoms with Crippen molar-refractivity contribution in [3.63, 3.8) is 0 Å². The topological polar surface area (TPSA) is 44.9 Å². The number of amides is 1. The maximum Gasteiger partial charge on any atom is 0.256 e. The van der Waals surface area contributed by atoms with E-state index >= 15 is 0 Å². The summed E-state index contributed by atoms with van der Waals surface area (Å²) in [5.41, 5.74) is 1.77. The number of rotatable bonds is 2. The molecule has 0 radical (unpaired) electrons. The molecule has 2 N–H and O–H groups in total. The summed E-state index contributed by atoms with van der Waals surface area (Å²) in [6, 6.07) is 11.4. The van der Waals surface area contributed by atoms with Crippen LogP contribution in [0.15, 0.2) is 48.7 Å². The van der Waals surface area contributed by atoms with Crippen molar-refractivity contribution in [3.8, 4) is 0 Å². The van der Waals surface area contributed by atoms with Gasteiger partial charge in [-0.25, -0.2) is 4.39 Å². The van der Waals surface area contributed by atoms with E-state index < -0.39 is 5.82 Å². The molecule has 3 rings (SSSR count). The maximum atomic E-state index is 13.3. The van der Waals surface area contributed by atoms with Crippen LogP contribution in [0.1, 0.15) is 10.4 Å². The van der Waals surface area contributed by atoms with Crippen molar-refractivity contribution in [2.24, 2.45) is 0 Å². The number of fused-ring (bicyclic) bond motifs is 1. The van der Waals surface area contributed by atoms with Gasteiger partial charge in [0.2, 0.25) is 0 Å². The fourth-order valence-corrected chi connectivity index (χ4v) is 2.17. The molecule has 3 nitrogen and oxygen atoms in total. The summed E-state index contributed by atoms with van der Waals surface area (Å²) in [5.74, 6) is -0.860. The Morgan fingerprint density at radius 2 is 2.05 bits per heavy atom. The molecular formula is C15H10ClFN2O. The number of aromatic nitrogens is 1. The standard InChI is InChI=1S/C15H10ClFN2O/c16-12-5-4-9(8-13(12)17)19-15(20)11-2-1-3-14-10(11)6-7-18-14/h1-8,18H,(H,19,20). The van der Waals surface area contributed by atoms with Crippen molar-refractivity contribution in [3.05, 3.63) is 65.1 Å². The summed E-state index contributed by atoms with van der Waals surface area (Å²) < 4.78 is 13.3. The van der Waals surface area contributed by atoms with Crippen LogP contribution in [0.3, 0.4) is 0 Å². The molecule has 1 heterocycles. The quantitative estimate of drug-likeness (QED) is 0.729. The van der Waals surface area contributed by atoms with Gasteiger partial charge in [0.05, 0.1) is 5.02 Å². The van der Waals surface area contributed by atoms with Gasteiger partial charge in [-0.05, 0) is 36.4 Å². The van der Waals surface area contributed by atoms with E-state index in [2.05, 4.69) is 10.3 Å². The van der Waals surface area contributed by atoms with Crippen molar-refractivity contribution < 1.29 is 9.18 Å². The summed E-state index contributed by atoms with van der Waals surface area (Å²) in [7, 11) is 0. The summed E-state index contributed by atoms with van der Waals surface area (Å²) in [6.07, 6.45) is 1.77. The highest BCUT2D eigenvalue weighted by atomic mass is 35.5. The largest absolute Gasteiger partial charge is 0.361 e. The van der Waals surface area contributed by atoms with Gasteiger partial charge in [-0.2, -0.15) is 0 Å². The zero-order chi connectivity index (χ0) is 14.1. The van der Waals surface area contributed by atoms with E-state index in [1.54, 1.807) is 24.4 Å². The second-order valence-corrected chi connectivity index (χ2v) is 4.73. The third kappa shape index (κ3) is 2.26. The first-order chi connectivity index (χ1) is 9.65. The van der Waals surface area contributed by atoms with Crippen LogP contribution in [-0.4, -0.2) is 10.9 Å². The van der Waals surface area contributed by atoms with Crippen LogP contribution in [0.5, 0.6) is 0 Å². The fourth-order valence-electron chi connectivity index (χ4n) is 2.06. The van der Waals surface area contributed by atoms with E-state index in [4.69, 9.17) is 11.6 Å². The lowest BCUT2D eigenvalue weighted by atomic mass is 10.1. The second-order valence-electron chi connectivity index (χ2n) is 4.33. The van der Waals surface area contributed by atoms with Crippen molar-refractivity contribution in [1.29, 1.82) is 0 Å². The van der Waals surface area contributed by atoms with Gasteiger partial charge in [0.25, 0.3) is 5.91 Å². The second kappa shape index (κ2) is 4.98. The molecule has 0 aliphatic heterocycles. The van der Waals surface area contributed by atoms with Crippen LogP contribution in [0.4, 0.5) is 10.1 Å². The molecule has 5 heteroatoms. The summed E-state index contributed by atoms with van der Waals surface area (Å²) in [6.45, 7) is 0. The van der Waals surface area contributed by atoms with Crippen LogP contribution >= 0.6 is 11.6 Å². The molecule has 0 saturated carbocycles. The minimum atomic E-state index is -0.565. The molecule has 0 aliphatic carbocycles. The average molecular weight is 289 g/mol. The molecule has 20 heavy (non-hydrogen) atoms. The van der Waals surface area contributed by atoms with Gasteiger partial charge in [-0.1, -0.05) is 17.7 Å². The van der Waals surface area contributed by atoms with Gasteiger partial charge in [0, 0.05) is 28.4 Å². The van der Waals surface area contributed by atoms with Gasteiger partial charge in [0.1, 0.15) is 5.82 Å². The molecule has 0 unspecified atom stereocenters. The van der Waals surface area contributed by atoms with Crippen LogP contribution in [0, 0.1) is 5.82 Å². The molecule has 0 saturated heterocycles. The van der Waals surface area contributed by atoms with Crippen molar-refractivity contribution >= 4 is 34.1 Å². The Hall–Kier alpha value is -2.33. The maximum absolute atomic E-state index is 13.3. The molecule has 1 aromatic heterocycles. The highest BCUT2D eigenvalue weighted by Gasteiger charge is 2.11. The number of halogens is 2. The molecule has 0 aliphatic rings. The number of H-pyrrole nitrogens is 1.